The summed E-state index contributed by atoms with van der Waals surface area (Å²) < 4.78 is -1.29. The fraction of sp³-hybridized carbons (Fsp3) is 0.667. The Morgan fingerprint density at radius 2 is 1.91 bits per heavy atom. The highest BCUT2D eigenvalue weighted by atomic mass is 80.0. The average molecular weight is 381 g/mol. The first kappa shape index (κ1) is 12.6. The zero-order chi connectivity index (χ0) is 8.91. The molecule has 0 nitrogen and oxygen atoms in total. The highest BCUT2D eigenvalue weighted by Crippen LogP contribution is 2.32. The van der Waals surface area contributed by atoms with Crippen molar-refractivity contribution in [2.75, 3.05) is 0 Å². The molecule has 0 aliphatic carbocycles. The first-order valence-electron chi connectivity index (χ1n) is 3.62. The SMILES string of the molecule is CC(C)=C[SiH2]CC[Si](Br)(Br)Br. The van der Waals surface area contributed by atoms with Crippen LogP contribution in [0, 0.1) is 0 Å². The minimum absolute atomic E-state index is 0.0667. The molecule has 66 valence electrons. The van der Waals surface area contributed by atoms with Gasteiger partial charge in [0, 0.05) is 9.52 Å². The van der Waals surface area contributed by atoms with Crippen LogP contribution in [0.3, 0.4) is 0 Å². The summed E-state index contributed by atoms with van der Waals surface area (Å²) in [6.45, 7) is 4.35. The van der Waals surface area contributed by atoms with E-state index in [2.05, 4.69) is 65.4 Å². The van der Waals surface area contributed by atoms with Crippen LogP contribution in [-0.2, 0) is 0 Å². The summed E-state index contributed by atoms with van der Waals surface area (Å²) in [6.07, 6.45) is 0. The highest BCUT2D eigenvalue weighted by Gasteiger charge is 2.20. The normalized spacial score (nSPS) is 12.5. The van der Waals surface area contributed by atoms with Gasteiger partial charge >= 0.3 is 0 Å². The molecule has 5 heteroatoms. The predicted octanol–water partition coefficient (Wildman–Crippen LogP) is 3.62. The molecule has 0 fully saturated rings. The van der Waals surface area contributed by atoms with Gasteiger partial charge in [0.1, 0.15) is 0 Å². The summed E-state index contributed by atoms with van der Waals surface area (Å²) in [7, 11) is 0.0667. The summed E-state index contributed by atoms with van der Waals surface area (Å²) in [5, 5.41) is 0. The number of rotatable bonds is 4. The minimum atomic E-state index is -1.29. The maximum atomic E-state index is 3.62. The van der Waals surface area contributed by atoms with Crippen molar-refractivity contribution in [3.05, 3.63) is 11.3 Å². The lowest BCUT2D eigenvalue weighted by molar-refractivity contribution is 1.39. The molecule has 0 spiro atoms. The second-order valence-corrected chi connectivity index (χ2v) is 28.0. The van der Waals surface area contributed by atoms with E-state index in [-0.39, 0.29) is 9.52 Å². The number of allylic oxidation sites excluding steroid dienone is 1. The van der Waals surface area contributed by atoms with Crippen molar-refractivity contribution in [1.29, 1.82) is 0 Å². The first-order valence-corrected chi connectivity index (χ1v) is 14.4. The third kappa shape index (κ3) is 11.6. The van der Waals surface area contributed by atoms with Crippen molar-refractivity contribution in [2.45, 2.75) is 25.9 Å². The van der Waals surface area contributed by atoms with Crippen LogP contribution in [0.25, 0.3) is 0 Å². The Balaban J connectivity index is 3.36. The maximum Gasteiger partial charge on any atom is 0.267 e. The van der Waals surface area contributed by atoms with Crippen molar-refractivity contribution in [1.82, 2.24) is 0 Å². The monoisotopic (exact) mass is 378 g/mol. The largest absolute Gasteiger partial charge is 0.267 e. The Kier molecular flexibility index (Phi) is 7.02. The number of hydrogen-bond acceptors (Lipinski definition) is 0. The van der Waals surface area contributed by atoms with Gasteiger partial charge in [-0.15, -0.1) is 5.70 Å². The zero-order valence-electron chi connectivity index (χ0n) is 6.83. The molecular weight excluding hydrogens is 368 g/mol. The summed E-state index contributed by atoms with van der Waals surface area (Å²) in [5.41, 5.74) is 3.90. The second-order valence-electron chi connectivity index (χ2n) is 2.79. The minimum Gasteiger partial charge on any atom is -0.103 e. The number of hydrogen-bond donors (Lipinski definition) is 0. The molecule has 0 unspecified atom stereocenters. The molecule has 0 atom stereocenters. The van der Waals surface area contributed by atoms with Gasteiger partial charge in [0.05, 0.1) is 0 Å². The average Bonchev–Trinajstić information content (AvgIpc) is 1.78. The van der Waals surface area contributed by atoms with Gasteiger partial charge in [0.25, 0.3) is 3.93 Å². The van der Waals surface area contributed by atoms with Crippen LogP contribution in [0.1, 0.15) is 13.8 Å². The molecule has 0 aromatic carbocycles. The predicted molar refractivity (Wildman–Crippen MR) is 70.1 cm³/mol. The fourth-order valence-electron chi connectivity index (χ4n) is 0.693. The van der Waals surface area contributed by atoms with E-state index in [4.69, 9.17) is 0 Å². The van der Waals surface area contributed by atoms with E-state index < -0.39 is 3.93 Å². The van der Waals surface area contributed by atoms with Crippen molar-refractivity contribution in [3.63, 3.8) is 0 Å². The van der Waals surface area contributed by atoms with E-state index in [0.717, 1.165) is 0 Å². The van der Waals surface area contributed by atoms with Gasteiger partial charge in [-0.2, -0.15) is 0 Å². The summed E-state index contributed by atoms with van der Waals surface area (Å²) in [5.74, 6) is 0. The molecule has 0 radical (unpaired) electrons. The summed E-state index contributed by atoms with van der Waals surface area (Å²) in [6, 6.07) is 2.67. The van der Waals surface area contributed by atoms with Crippen LogP contribution in [0.4, 0.5) is 0 Å². The van der Waals surface area contributed by atoms with Crippen LogP contribution in [-0.4, -0.2) is 13.5 Å². The molecule has 0 rings (SSSR count). The molecular formula is C6H13Br3Si2. The quantitative estimate of drug-likeness (QED) is 0.397. The smallest absolute Gasteiger partial charge is 0.103 e. The van der Waals surface area contributed by atoms with Gasteiger partial charge < -0.3 is 0 Å². The molecule has 0 aliphatic rings. The first-order chi connectivity index (χ1) is 4.92. The molecule has 0 bridgehead atoms. The third-order valence-electron chi connectivity index (χ3n) is 1.22. The molecule has 0 N–H and O–H groups in total. The van der Waals surface area contributed by atoms with E-state index in [9.17, 15) is 0 Å². The van der Waals surface area contributed by atoms with E-state index >= 15 is 0 Å². The Bertz CT molecular complexity index is 135. The standard InChI is InChI=1S/C6H13Br3Si2/c1-6(2)5-10-3-4-11(7,8)9/h5H,3-4,10H2,1-2H3. The van der Waals surface area contributed by atoms with Crippen molar-refractivity contribution < 1.29 is 0 Å². The van der Waals surface area contributed by atoms with Crippen molar-refractivity contribution in [2.24, 2.45) is 0 Å². The molecule has 0 amide bonds. The van der Waals surface area contributed by atoms with Gasteiger partial charge in [-0.1, -0.05) is 57.5 Å². The molecule has 0 aromatic heterocycles. The molecule has 0 heterocycles. The zero-order valence-corrected chi connectivity index (χ0v) is 14.0. The topological polar surface area (TPSA) is 0 Å². The van der Waals surface area contributed by atoms with Gasteiger partial charge in [-0.25, -0.2) is 0 Å². The highest BCUT2D eigenvalue weighted by molar-refractivity contribution is 9.72. The van der Waals surface area contributed by atoms with E-state index in [1.165, 1.54) is 17.7 Å². The Morgan fingerprint density at radius 3 is 2.27 bits per heavy atom. The Morgan fingerprint density at radius 1 is 1.36 bits per heavy atom. The maximum absolute atomic E-state index is 3.62. The molecule has 0 saturated heterocycles. The lowest BCUT2D eigenvalue weighted by atomic mass is 10.4. The van der Waals surface area contributed by atoms with E-state index in [1.807, 2.05) is 0 Å². The van der Waals surface area contributed by atoms with Crippen LogP contribution in [0.15, 0.2) is 11.3 Å². The van der Waals surface area contributed by atoms with Crippen molar-refractivity contribution in [3.8, 4) is 0 Å². The van der Waals surface area contributed by atoms with Crippen LogP contribution >= 0.6 is 45.9 Å². The molecule has 0 saturated carbocycles. The Hall–Kier alpha value is 1.61. The van der Waals surface area contributed by atoms with Crippen LogP contribution in [0.2, 0.25) is 12.1 Å². The van der Waals surface area contributed by atoms with E-state index in [1.54, 1.807) is 0 Å². The fourth-order valence-corrected chi connectivity index (χ4v) is 11.5. The van der Waals surface area contributed by atoms with Crippen molar-refractivity contribution >= 4 is 59.3 Å². The summed E-state index contributed by atoms with van der Waals surface area (Å²) >= 11 is 10.9. The van der Waals surface area contributed by atoms with E-state index in [0.29, 0.717) is 0 Å². The van der Waals surface area contributed by atoms with Gasteiger partial charge in [0.15, 0.2) is 0 Å². The van der Waals surface area contributed by atoms with Gasteiger partial charge in [0.2, 0.25) is 0 Å². The van der Waals surface area contributed by atoms with Crippen LogP contribution in [0.5, 0.6) is 0 Å². The van der Waals surface area contributed by atoms with Gasteiger partial charge in [-0.3, -0.25) is 0 Å². The van der Waals surface area contributed by atoms with Gasteiger partial charge in [-0.05, 0) is 19.9 Å². The third-order valence-corrected chi connectivity index (χ3v) is 8.28. The lowest BCUT2D eigenvalue weighted by Gasteiger charge is -2.06. The number of halogens is 3. The molecule has 11 heavy (non-hydrogen) atoms. The second kappa shape index (κ2) is 6.13. The lowest BCUT2D eigenvalue weighted by Crippen LogP contribution is -2.06. The molecule has 0 aromatic rings. The molecule has 0 aliphatic heterocycles. The van der Waals surface area contributed by atoms with Crippen LogP contribution < -0.4 is 0 Å². The summed E-state index contributed by atoms with van der Waals surface area (Å²) in [4.78, 5) is 0. The Labute approximate surface area is 95.8 Å².